The minimum atomic E-state index is -0.418. The Kier molecular flexibility index (Phi) is 4.09. The Hall–Kier alpha value is -2.92. The van der Waals surface area contributed by atoms with Crippen LogP contribution in [0.25, 0.3) is 16.7 Å². The fourth-order valence-corrected chi connectivity index (χ4v) is 3.23. The van der Waals surface area contributed by atoms with Crippen molar-refractivity contribution < 1.29 is 4.39 Å². The van der Waals surface area contributed by atoms with Gasteiger partial charge in [-0.15, -0.1) is 0 Å². The molecule has 130 valence electrons. The van der Waals surface area contributed by atoms with Gasteiger partial charge in [0.1, 0.15) is 5.82 Å². The molecular weight excluding hydrogens is 353 g/mol. The zero-order valence-electron chi connectivity index (χ0n) is 14.0. The highest BCUT2D eigenvalue weighted by Gasteiger charge is 2.18. The van der Waals surface area contributed by atoms with E-state index in [2.05, 4.69) is 4.98 Å². The van der Waals surface area contributed by atoms with Gasteiger partial charge < -0.3 is 0 Å². The molecule has 0 N–H and O–H groups in total. The van der Waals surface area contributed by atoms with Crippen LogP contribution in [0.15, 0.2) is 65.6 Å². The second kappa shape index (κ2) is 6.42. The summed E-state index contributed by atoms with van der Waals surface area (Å²) >= 11 is 6.20. The third kappa shape index (κ3) is 2.70. The maximum atomic E-state index is 14.3. The lowest BCUT2D eigenvalue weighted by atomic mass is 10.2. The molecule has 0 radical (unpaired) electrons. The number of fused-ring (bicyclic) bond motifs is 1. The summed E-state index contributed by atoms with van der Waals surface area (Å²) in [6.07, 6.45) is 1.61. The molecule has 0 aliphatic heterocycles. The van der Waals surface area contributed by atoms with E-state index < -0.39 is 5.82 Å². The van der Waals surface area contributed by atoms with Crippen molar-refractivity contribution in [3.63, 3.8) is 0 Å². The number of halogens is 2. The van der Waals surface area contributed by atoms with Gasteiger partial charge in [0.2, 0.25) is 0 Å². The Bertz CT molecular complexity index is 1140. The summed E-state index contributed by atoms with van der Waals surface area (Å²) in [5, 5.41) is 0.784. The SMILES string of the molecule is Cc1ccc(-n2c(=O)c3cccnc3n2Cc2c(F)cccc2Cl)cc1. The van der Waals surface area contributed by atoms with Crippen molar-refractivity contribution in [1.82, 2.24) is 14.3 Å². The van der Waals surface area contributed by atoms with E-state index in [1.165, 1.54) is 10.7 Å². The van der Waals surface area contributed by atoms with Crippen molar-refractivity contribution in [2.75, 3.05) is 0 Å². The highest BCUT2D eigenvalue weighted by molar-refractivity contribution is 6.31. The molecular formula is C20H15ClFN3O. The Morgan fingerprint density at radius 1 is 1.08 bits per heavy atom. The fraction of sp³-hybridized carbons (Fsp3) is 0.100. The molecule has 4 rings (SSSR count). The number of aromatic nitrogens is 3. The fourth-order valence-electron chi connectivity index (χ4n) is 3.01. The second-order valence-electron chi connectivity index (χ2n) is 6.08. The number of aryl methyl sites for hydroxylation is 1. The normalized spacial score (nSPS) is 11.2. The van der Waals surface area contributed by atoms with Crippen LogP contribution >= 0.6 is 11.6 Å². The van der Waals surface area contributed by atoms with Crippen molar-refractivity contribution in [3.05, 3.63) is 93.1 Å². The summed E-state index contributed by atoms with van der Waals surface area (Å²) in [5.74, 6) is -0.418. The molecule has 0 fully saturated rings. The van der Waals surface area contributed by atoms with E-state index in [1.54, 1.807) is 35.1 Å². The minimum absolute atomic E-state index is 0.0924. The predicted octanol–water partition coefficient (Wildman–Crippen LogP) is 4.34. The first-order chi connectivity index (χ1) is 12.6. The van der Waals surface area contributed by atoms with Crippen molar-refractivity contribution in [2.24, 2.45) is 0 Å². The molecule has 26 heavy (non-hydrogen) atoms. The largest absolute Gasteiger partial charge is 0.280 e. The molecule has 0 unspecified atom stereocenters. The van der Waals surface area contributed by atoms with E-state index in [0.29, 0.717) is 27.3 Å². The predicted molar refractivity (Wildman–Crippen MR) is 101 cm³/mol. The molecule has 2 heterocycles. The zero-order valence-corrected chi connectivity index (χ0v) is 14.7. The molecule has 6 heteroatoms. The minimum Gasteiger partial charge on any atom is -0.267 e. The van der Waals surface area contributed by atoms with E-state index in [0.717, 1.165) is 5.56 Å². The van der Waals surface area contributed by atoms with Crippen molar-refractivity contribution in [2.45, 2.75) is 13.5 Å². The molecule has 4 nitrogen and oxygen atoms in total. The number of pyridine rings is 1. The van der Waals surface area contributed by atoms with Crippen molar-refractivity contribution in [3.8, 4) is 5.69 Å². The standard InChI is InChI=1S/C20H15ClFN3O/c1-13-7-9-14(10-8-13)25-20(26)15-4-3-11-23-19(15)24(25)12-16-17(21)5-2-6-18(16)22/h2-11H,12H2,1H3. The average Bonchev–Trinajstić information content (AvgIpc) is 2.92. The van der Waals surface area contributed by atoms with Gasteiger partial charge in [-0.3, -0.25) is 9.48 Å². The van der Waals surface area contributed by atoms with Gasteiger partial charge in [0.25, 0.3) is 5.56 Å². The van der Waals surface area contributed by atoms with Gasteiger partial charge in [-0.1, -0.05) is 35.4 Å². The van der Waals surface area contributed by atoms with Crippen LogP contribution in [0.2, 0.25) is 5.02 Å². The van der Waals surface area contributed by atoms with E-state index >= 15 is 0 Å². The zero-order chi connectivity index (χ0) is 18.3. The number of hydrogen-bond acceptors (Lipinski definition) is 2. The molecule has 0 aliphatic rings. The Morgan fingerprint density at radius 3 is 2.58 bits per heavy atom. The highest BCUT2D eigenvalue weighted by Crippen LogP contribution is 2.22. The third-order valence-corrected chi connectivity index (χ3v) is 4.70. The number of nitrogens with zero attached hydrogens (tertiary/aromatic N) is 3. The van der Waals surface area contributed by atoms with Crippen LogP contribution in [-0.2, 0) is 6.54 Å². The molecule has 0 bridgehead atoms. The van der Waals surface area contributed by atoms with E-state index in [-0.39, 0.29) is 12.1 Å². The third-order valence-electron chi connectivity index (χ3n) is 4.34. The second-order valence-corrected chi connectivity index (χ2v) is 6.49. The van der Waals surface area contributed by atoms with Gasteiger partial charge >= 0.3 is 0 Å². The quantitative estimate of drug-likeness (QED) is 0.540. The van der Waals surface area contributed by atoms with Crippen molar-refractivity contribution in [1.29, 1.82) is 0 Å². The number of hydrogen-bond donors (Lipinski definition) is 0. The summed E-state index contributed by atoms with van der Waals surface area (Å²) in [5.41, 5.74) is 2.37. The van der Waals surface area contributed by atoms with Crippen LogP contribution in [0.3, 0.4) is 0 Å². The van der Waals surface area contributed by atoms with Crippen LogP contribution in [-0.4, -0.2) is 14.3 Å². The van der Waals surface area contributed by atoms with Gasteiger partial charge in [-0.05, 0) is 43.3 Å². The molecule has 0 spiro atoms. The molecule has 2 aromatic carbocycles. The van der Waals surface area contributed by atoms with E-state index in [4.69, 9.17) is 11.6 Å². The maximum absolute atomic E-state index is 14.3. The molecule has 0 amide bonds. The summed E-state index contributed by atoms with van der Waals surface area (Å²) < 4.78 is 17.5. The average molecular weight is 368 g/mol. The van der Waals surface area contributed by atoms with Gasteiger partial charge in [0.05, 0.1) is 17.6 Å². The molecule has 4 aromatic rings. The molecule has 0 saturated carbocycles. The number of benzene rings is 2. The molecule has 0 aliphatic carbocycles. The lowest BCUT2D eigenvalue weighted by Gasteiger charge is -2.14. The Balaban J connectivity index is 2.00. The van der Waals surface area contributed by atoms with Crippen molar-refractivity contribution >= 4 is 22.6 Å². The first kappa shape index (κ1) is 16.5. The summed E-state index contributed by atoms with van der Waals surface area (Å²) in [6, 6.07) is 15.5. The highest BCUT2D eigenvalue weighted by atomic mass is 35.5. The van der Waals surface area contributed by atoms with Crippen LogP contribution in [0.5, 0.6) is 0 Å². The molecule has 0 saturated heterocycles. The topological polar surface area (TPSA) is 39.8 Å². The summed E-state index contributed by atoms with van der Waals surface area (Å²) in [4.78, 5) is 17.3. The van der Waals surface area contributed by atoms with Gasteiger partial charge in [-0.2, -0.15) is 0 Å². The lowest BCUT2D eigenvalue weighted by molar-refractivity contribution is 0.561. The lowest BCUT2D eigenvalue weighted by Crippen LogP contribution is -2.22. The van der Waals surface area contributed by atoms with Gasteiger partial charge in [0, 0.05) is 16.8 Å². The molecule has 0 atom stereocenters. The monoisotopic (exact) mass is 367 g/mol. The van der Waals surface area contributed by atoms with E-state index in [9.17, 15) is 9.18 Å². The molecule has 2 aromatic heterocycles. The van der Waals surface area contributed by atoms with Gasteiger partial charge in [-0.25, -0.2) is 14.1 Å². The van der Waals surface area contributed by atoms with Crippen LogP contribution in [0, 0.1) is 12.7 Å². The smallest absolute Gasteiger partial charge is 0.267 e. The Morgan fingerprint density at radius 2 is 1.85 bits per heavy atom. The van der Waals surface area contributed by atoms with Crippen LogP contribution < -0.4 is 5.56 Å². The first-order valence-electron chi connectivity index (χ1n) is 8.13. The van der Waals surface area contributed by atoms with E-state index in [1.807, 2.05) is 31.2 Å². The maximum Gasteiger partial charge on any atom is 0.280 e. The summed E-state index contributed by atoms with van der Waals surface area (Å²) in [6.45, 7) is 2.07. The first-order valence-corrected chi connectivity index (χ1v) is 8.50. The Labute approximate surface area is 154 Å². The van der Waals surface area contributed by atoms with Crippen LogP contribution in [0.4, 0.5) is 4.39 Å². The van der Waals surface area contributed by atoms with Crippen LogP contribution in [0.1, 0.15) is 11.1 Å². The summed E-state index contributed by atoms with van der Waals surface area (Å²) in [7, 11) is 0. The number of rotatable bonds is 3. The van der Waals surface area contributed by atoms with Gasteiger partial charge in [0.15, 0.2) is 5.65 Å².